The number of aromatic nitrogens is 2. The monoisotopic (exact) mass is 344 g/mol. The van der Waals surface area contributed by atoms with Gasteiger partial charge in [0.15, 0.2) is 0 Å². The molecule has 3 rings (SSSR count). The lowest BCUT2D eigenvalue weighted by atomic mass is 10.1. The lowest BCUT2D eigenvalue weighted by Gasteiger charge is -2.13. The van der Waals surface area contributed by atoms with Crippen LogP contribution in [0.15, 0.2) is 34.9 Å². The third-order valence-corrected chi connectivity index (χ3v) is 4.53. The van der Waals surface area contributed by atoms with E-state index in [0.29, 0.717) is 30.7 Å². The Balaban J connectivity index is 1.44. The molecule has 1 heterocycles. The van der Waals surface area contributed by atoms with Gasteiger partial charge in [0, 0.05) is 18.7 Å². The van der Waals surface area contributed by atoms with Crippen molar-refractivity contribution in [1.29, 1.82) is 0 Å². The highest BCUT2D eigenvalue weighted by atomic mass is 16.5. The number of hydrogen-bond donors (Lipinski definition) is 3. The van der Waals surface area contributed by atoms with Crippen LogP contribution in [0.3, 0.4) is 0 Å². The normalized spacial score (nSPS) is 21.0. The van der Waals surface area contributed by atoms with Crippen molar-refractivity contribution in [2.75, 3.05) is 13.1 Å². The Kier molecular flexibility index (Phi) is 5.65. The number of hydrogen-bond acceptors (Lipinski definition) is 5. The Morgan fingerprint density at radius 3 is 2.84 bits per heavy atom. The quantitative estimate of drug-likeness (QED) is 0.746. The van der Waals surface area contributed by atoms with Crippen molar-refractivity contribution < 1.29 is 14.4 Å². The maximum absolute atomic E-state index is 11.9. The van der Waals surface area contributed by atoms with Gasteiger partial charge in [0.25, 0.3) is 0 Å². The third kappa shape index (κ3) is 4.79. The van der Waals surface area contributed by atoms with E-state index < -0.39 is 0 Å². The average Bonchev–Trinajstić information content (AvgIpc) is 3.28. The minimum absolute atomic E-state index is 0.0796. The largest absolute Gasteiger partial charge is 0.393 e. The minimum Gasteiger partial charge on any atom is -0.393 e. The average molecular weight is 344 g/mol. The Hall–Kier alpha value is -2.41. The topological polar surface area (TPSA) is 100 Å². The smallest absolute Gasteiger partial charge is 0.314 e. The van der Waals surface area contributed by atoms with Gasteiger partial charge in [-0.25, -0.2) is 4.79 Å². The van der Waals surface area contributed by atoms with Crippen molar-refractivity contribution in [3.05, 3.63) is 36.2 Å². The van der Waals surface area contributed by atoms with Gasteiger partial charge in [-0.3, -0.25) is 0 Å². The summed E-state index contributed by atoms with van der Waals surface area (Å²) in [7, 11) is 0. The number of nitrogens with zero attached hydrogens (tertiary/aromatic N) is 2. The lowest BCUT2D eigenvalue weighted by Crippen LogP contribution is -2.39. The maximum atomic E-state index is 11.9. The van der Waals surface area contributed by atoms with Gasteiger partial charge >= 0.3 is 6.03 Å². The fourth-order valence-electron chi connectivity index (χ4n) is 3.01. The Morgan fingerprint density at radius 2 is 2.12 bits per heavy atom. The summed E-state index contributed by atoms with van der Waals surface area (Å²) in [5.74, 6) is 1.33. The molecule has 0 saturated heterocycles. The van der Waals surface area contributed by atoms with E-state index >= 15 is 0 Å². The number of aliphatic hydroxyl groups is 1. The van der Waals surface area contributed by atoms with Crippen molar-refractivity contribution in [2.24, 2.45) is 5.92 Å². The van der Waals surface area contributed by atoms with Crippen LogP contribution in [0.1, 0.15) is 38.0 Å². The first-order chi connectivity index (χ1) is 12.1. The van der Waals surface area contributed by atoms with Crippen LogP contribution in [0.5, 0.6) is 0 Å². The number of rotatable bonds is 6. The van der Waals surface area contributed by atoms with Crippen LogP contribution < -0.4 is 10.6 Å². The second-order valence-corrected chi connectivity index (χ2v) is 6.65. The molecule has 3 unspecified atom stereocenters. The van der Waals surface area contributed by atoms with Crippen LogP contribution >= 0.6 is 0 Å². The number of nitrogens with one attached hydrogen (secondary N) is 2. The van der Waals surface area contributed by atoms with Gasteiger partial charge < -0.3 is 20.3 Å². The predicted molar refractivity (Wildman–Crippen MR) is 92.9 cm³/mol. The van der Waals surface area contributed by atoms with Crippen LogP contribution in [0.2, 0.25) is 0 Å². The molecule has 1 saturated carbocycles. The molecule has 3 N–H and O–H groups in total. The Morgan fingerprint density at radius 1 is 1.32 bits per heavy atom. The van der Waals surface area contributed by atoms with Gasteiger partial charge in [0.05, 0.1) is 12.0 Å². The molecule has 1 aliphatic carbocycles. The van der Waals surface area contributed by atoms with E-state index in [9.17, 15) is 9.90 Å². The van der Waals surface area contributed by atoms with Crippen molar-refractivity contribution in [2.45, 2.75) is 38.2 Å². The van der Waals surface area contributed by atoms with Crippen molar-refractivity contribution in [1.82, 2.24) is 20.8 Å². The highest BCUT2D eigenvalue weighted by Crippen LogP contribution is 2.24. The molecule has 1 aliphatic rings. The zero-order valence-electron chi connectivity index (χ0n) is 14.3. The Labute approximate surface area is 146 Å². The molecule has 25 heavy (non-hydrogen) atoms. The second kappa shape index (κ2) is 8.11. The van der Waals surface area contributed by atoms with Crippen LogP contribution in [0, 0.1) is 5.92 Å². The summed E-state index contributed by atoms with van der Waals surface area (Å²) in [6.45, 7) is 2.93. The van der Waals surface area contributed by atoms with Crippen molar-refractivity contribution in [3.8, 4) is 11.4 Å². The number of amides is 2. The third-order valence-electron chi connectivity index (χ3n) is 4.53. The van der Waals surface area contributed by atoms with Gasteiger partial charge in [-0.05, 0) is 25.2 Å². The molecule has 0 bridgehead atoms. The molecule has 134 valence electrons. The number of aliphatic hydroxyl groups excluding tert-OH is 1. The zero-order valence-corrected chi connectivity index (χ0v) is 14.3. The summed E-state index contributed by atoms with van der Waals surface area (Å²) in [6, 6.07) is 9.40. The van der Waals surface area contributed by atoms with Gasteiger partial charge in [-0.15, -0.1) is 0 Å². The first-order valence-electron chi connectivity index (χ1n) is 8.70. The summed E-state index contributed by atoms with van der Waals surface area (Å²) < 4.78 is 5.31. The molecule has 3 atom stereocenters. The molecule has 2 amide bonds. The van der Waals surface area contributed by atoms with Gasteiger partial charge in [-0.2, -0.15) is 4.98 Å². The van der Waals surface area contributed by atoms with E-state index in [1.807, 2.05) is 37.3 Å². The molecule has 0 spiro atoms. The molecule has 7 heteroatoms. The van der Waals surface area contributed by atoms with E-state index in [0.717, 1.165) is 24.8 Å². The first kappa shape index (κ1) is 17.4. The number of urea groups is 1. The summed E-state index contributed by atoms with van der Waals surface area (Å²) in [5, 5.41) is 19.2. The summed E-state index contributed by atoms with van der Waals surface area (Å²) in [6.07, 6.45) is 2.33. The van der Waals surface area contributed by atoms with Crippen molar-refractivity contribution in [3.63, 3.8) is 0 Å². The number of carbonyl (C=O) groups is 1. The molecule has 0 aliphatic heterocycles. The molecule has 1 fully saturated rings. The van der Waals surface area contributed by atoms with E-state index in [4.69, 9.17) is 4.52 Å². The first-order valence-corrected chi connectivity index (χ1v) is 8.70. The van der Waals surface area contributed by atoms with Gasteiger partial charge in [0.1, 0.15) is 0 Å². The fourth-order valence-corrected chi connectivity index (χ4v) is 3.01. The molecule has 0 radical (unpaired) electrons. The SMILES string of the molecule is CC(CNC(=O)NCC1CCC(O)C1)c1nc(-c2ccccc2)no1. The number of carbonyl (C=O) groups excluding carboxylic acids is 1. The fraction of sp³-hybridized carbons (Fsp3) is 0.500. The molecule has 1 aromatic carbocycles. The molecular formula is C18H24N4O3. The lowest BCUT2D eigenvalue weighted by molar-refractivity contribution is 0.177. The summed E-state index contributed by atoms with van der Waals surface area (Å²) >= 11 is 0. The van der Waals surface area contributed by atoms with E-state index in [2.05, 4.69) is 20.8 Å². The second-order valence-electron chi connectivity index (χ2n) is 6.65. The van der Waals surface area contributed by atoms with Crippen LogP contribution in [-0.2, 0) is 0 Å². The minimum atomic E-state index is -0.216. The van der Waals surface area contributed by atoms with E-state index in [1.165, 1.54) is 0 Å². The highest BCUT2D eigenvalue weighted by Gasteiger charge is 2.23. The summed E-state index contributed by atoms with van der Waals surface area (Å²) in [5.41, 5.74) is 0.897. The molecule has 2 aromatic rings. The number of benzene rings is 1. The Bertz CT molecular complexity index is 689. The van der Waals surface area contributed by atoms with Crippen LogP contribution in [0.4, 0.5) is 4.79 Å². The van der Waals surface area contributed by atoms with Gasteiger partial charge in [0.2, 0.25) is 11.7 Å². The summed E-state index contributed by atoms with van der Waals surface area (Å²) in [4.78, 5) is 16.3. The highest BCUT2D eigenvalue weighted by molar-refractivity contribution is 5.73. The van der Waals surface area contributed by atoms with Crippen LogP contribution in [0.25, 0.3) is 11.4 Å². The standard InChI is InChI=1S/C18H24N4O3/c1-12(10-19-18(24)20-11-13-7-8-15(23)9-13)17-21-16(22-25-17)14-5-3-2-4-6-14/h2-6,12-13,15,23H,7-11H2,1H3,(H2,19,20,24). The van der Waals surface area contributed by atoms with E-state index in [1.54, 1.807) is 0 Å². The van der Waals surface area contributed by atoms with Crippen molar-refractivity contribution >= 4 is 6.03 Å². The zero-order chi connectivity index (χ0) is 17.6. The van der Waals surface area contributed by atoms with Gasteiger partial charge in [-0.1, -0.05) is 42.4 Å². The van der Waals surface area contributed by atoms with Crippen LogP contribution in [-0.4, -0.2) is 40.5 Å². The van der Waals surface area contributed by atoms with E-state index in [-0.39, 0.29) is 18.1 Å². The molecule has 7 nitrogen and oxygen atoms in total. The molecular weight excluding hydrogens is 320 g/mol. The predicted octanol–water partition coefficient (Wildman–Crippen LogP) is 2.30. The maximum Gasteiger partial charge on any atom is 0.314 e. The molecule has 1 aromatic heterocycles.